The molecule has 0 radical (unpaired) electrons. The molecule has 0 fully saturated rings. The third-order valence-corrected chi connectivity index (χ3v) is 3.49. The van der Waals surface area contributed by atoms with Gasteiger partial charge in [-0.25, -0.2) is 0 Å². The highest BCUT2D eigenvalue weighted by Crippen LogP contribution is 2.19. The normalized spacial score (nSPS) is 11.3. The summed E-state index contributed by atoms with van der Waals surface area (Å²) < 4.78 is 4.21. The summed E-state index contributed by atoms with van der Waals surface area (Å²) in [6, 6.07) is 12.5. The number of fused-ring (bicyclic) bond motifs is 1. The summed E-state index contributed by atoms with van der Waals surface area (Å²) in [5.41, 5.74) is 9.18. The Kier molecular flexibility index (Phi) is 3.09. The van der Waals surface area contributed by atoms with E-state index in [0.29, 0.717) is 6.54 Å². The molecule has 0 unspecified atom stereocenters. The highest BCUT2D eigenvalue weighted by Gasteiger charge is 2.10. The van der Waals surface area contributed by atoms with E-state index >= 15 is 0 Å². The minimum Gasteiger partial charge on any atom is -0.344 e. The Morgan fingerprint density at radius 1 is 1.16 bits per heavy atom. The van der Waals surface area contributed by atoms with Crippen LogP contribution in [-0.4, -0.2) is 14.3 Å². The fourth-order valence-corrected chi connectivity index (χ4v) is 2.50. The van der Waals surface area contributed by atoms with Gasteiger partial charge in [-0.15, -0.1) is 0 Å². The minimum absolute atomic E-state index is 0.555. The van der Waals surface area contributed by atoms with E-state index in [9.17, 15) is 0 Å². The molecule has 2 N–H and O–H groups in total. The zero-order valence-electron chi connectivity index (χ0n) is 11.1. The lowest BCUT2D eigenvalue weighted by Gasteiger charge is -2.05. The second kappa shape index (κ2) is 4.90. The van der Waals surface area contributed by atoms with Crippen molar-refractivity contribution in [1.29, 1.82) is 0 Å². The molecule has 0 spiro atoms. The van der Waals surface area contributed by atoms with E-state index in [2.05, 4.69) is 52.7 Å². The molecule has 2 aromatic heterocycles. The SMILES string of the molecule is CCn1nc(Cn2cccc2CN)c2ccccc21. The van der Waals surface area contributed by atoms with Gasteiger partial charge in [0.25, 0.3) is 0 Å². The third-order valence-electron chi connectivity index (χ3n) is 3.49. The molecule has 0 amide bonds. The van der Waals surface area contributed by atoms with Crippen LogP contribution in [0, 0.1) is 0 Å². The maximum absolute atomic E-state index is 5.75. The molecule has 0 saturated carbocycles. The number of benzene rings is 1. The van der Waals surface area contributed by atoms with Crippen LogP contribution in [0.25, 0.3) is 10.9 Å². The maximum Gasteiger partial charge on any atom is 0.0900 e. The standard InChI is InChI=1S/C15H18N4/c1-2-19-15-8-4-3-7-13(15)14(17-19)11-18-9-5-6-12(18)10-16/h3-9H,2,10-11,16H2,1H3. The van der Waals surface area contributed by atoms with E-state index in [0.717, 1.165) is 24.5 Å². The number of aryl methyl sites for hydroxylation is 1. The Labute approximate surface area is 112 Å². The average Bonchev–Trinajstić information content (AvgIpc) is 3.04. The van der Waals surface area contributed by atoms with Crippen LogP contribution in [0.1, 0.15) is 18.3 Å². The summed E-state index contributed by atoms with van der Waals surface area (Å²) in [4.78, 5) is 0. The van der Waals surface area contributed by atoms with Gasteiger partial charge in [-0.2, -0.15) is 5.10 Å². The number of nitrogens with two attached hydrogens (primary N) is 1. The van der Waals surface area contributed by atoms with Gasteiger partial charge in [0.05, 0.1) is 17.8 Å². The van der Waals surface area contributed by atoms with Crippen molar-refractivity contribution in [2.45, 2.75) is 26.6 Å². The average molecular weight is 254 g/mol. The fraction of sp³-hybridized carbons (Fsp3) is 0.267. The molecular formula is C15H18N4. The summed E-state index contributed by atoms with van der Waals surface area (Å²) in [6.07, 6.45) is 2.06. The number of nitrogens with zero attached hydrogens (tertiary/aromatic N) is 3. The van der Waals surface area contributed by atoms with Crippen molar-refractivity contribution < 1.29 is 0 Å². The molecule has 0 aliphatic rings. The lowest BCUT2D eigenvalue weighted by atomic mass is 10.2. The molecule has 98 valence electrons. The van der Waals surface area contributed by atoms with Gasteiger partial charge < -0.3 is 10.3 Å². The molecule has 0 bridgehead atoms. The van der Waals surface area contributed by atoms with Crippen LogP contribution in [0.4, 0.5) is 0 Å². The number of para-hydroxylation sites is 1. The van der Waals surface area contributed by atoms with Gasteiger partial charge in [0.15, 0.2) is 0 Å². The molecule has 0 aliphatic carbocycles. The molecule has 1 aromatic carbocycles. The van der Waals surface area contributed by atoms with Gasteiger partial charge in [0, 0.05) is 30.4 Å². The second-order valence-corrected chi connectivity index (χ2v) is 4.61. The minimum atomic E-state index is 0.555. The zero-order chi connectivity index (χ0) is 13.2. The van der Waals surface area contributed by atoms with E-state index in [1.165, 1.54) is 10.9 Å². The Balaban J connectivity index is 2.06. The molecule has 3 aromatic rings. The molecule has 19 heavy (non-hydrogen) atoms. The first-order valence-corrected chi connectivity index (χ1v) is 6.62. The van der Waals surface area contributed by atoms with Crippen LogP contribution in [0.15, 0.2) is 42.6 Å². The Bertz CT molecular complexity index is 693. The van der Waals surface area contributed by atoms with Crippen molar-refractivity contribution >= 4 is 10.9 Å². The molecule has 4 heteroatoms. The van der Waals surface area contributed by atoms with Gasteiger partial charge in [0.1, 0.15) is 0 Å². The van der Waals surface area contributed by atoms with Crippen molar-refractivity contribution in [2.75, 3.05) is 0 Å². The van der Waals surface area contributed by atoms with Crippen LogP contribution in [0.3, 0.4) is 0 Å². The third kappa shape index (κ3) is 2.04. The lowest BCUT2D eigenvalue weighted by molar-refractivity contribution is 0.647. The Morgan fingerprint density at radius 3 is 2.79 bits per heavy atom. The number of hydrogen-bond donors (Lipinski definition) is 1. The van der Waals surface area contributed by atoms with Gasteiger partial charge in [0.2, 0.25) is 0 Å². The van der Waals surface area contributed by atoms with E-state index in [1.54, 1.807) is 0 Å². The summed E-state index contributed by atoms with van der Waals surface area (Å²) in [6.45, 7) is 4.33. The van der Waals surface area contributed by atoms with E-state index < -0.39 is 0 Å². The van der Waals surface area contributed by atoms with Crippen LogP contribution in [0.5, 0.6) is 0 Å². The van der Waals surface area contributed by atoms with E-state index in [4.69, 9.17) is 10.8 Å². The first kappa shape index (κ1) is 12.0. The molecule has 0 saturated heterocycles. The first-order valence-electron chi connectivity index (χ1n) is 6.62. The first-order chi connectivity index (χ1) is 9.33. The topological polar surface area (TPSA) is 48.8 Å². The van der Waals surface area contributed by atoms with E-state index in [-0.39, 0.29) is 0 Å². The van der Waals surface area contributed by atoms with Crippen molar-refractivity contribution in [3.05, 3.63) is 54.0 Å². The number of rotatable bonds is 4. The number of hydrogen-bond acceptors (Lipinski definition) is 2. The lowest BCUT2D eigenvalue weighted by Crippen LogP contribution is -2.08. The highest BCUT2D eigenvalue weighted by molar-refractivity contribution is 5.81. The van der Waals surface area contributed by atoms with Crippen molar-refractivity contribution in [2.24, 2.45) is 5.73 Å². The smallest absolute Gasteiger partial charge is 0.0900 e. The maximum atomic E-state index is 5.75. The quantitative estimate of drug-likeness (QED) is 0.777. The van der Waals surface area contributed by atoms with Crippen molar-refractivity contribution in [3.63, 3.8) is 0 Å². The molecule has 3 rings (SSSR count). The highest BCUT2D eigenvalue weighted by atomic mass is 15.3. The monoisotopic (exact) mass is 254 g/mol. The predicted octanol–water partition coefficient (Wildman–Crippen LogP) is 2.36. The van der Waals surface area contributed by atoms with Gasteiger partial charge in [-0.1, -0.05) is 18.2 Å². The molecule has 0 aliphatic heterocycles. The van der Waals surface area contributed by atoms with Gasteiger partial charge in [-0.3, -0.25) is 4.68 Å². The van der Waals surface area contributed by atoms with E-state index in [1.807, 2.05) is 6.07 Å². The zero-order valence-corrected chi connectivity index (χ0v) is 11.1. The Morgan fingerprint density at radius 2 is 2.00 bits per heavy atom. The summed E-state index contributed by atoms with van der Waals surface area (Å²) in [5, 5.41) is 5.94. The molecular weight excluding hydrogens is 236 g/mol. The molecule has 0 atom stereocenters. The van der Waals surface area contributed by atoms with Crippen molar-refractivity contribution in [3.8, 4) is 0 Å². The van der Waals surface area contributed by atoms with Crippen LogP contribution in [0.2, 0.25) is 0 Å². The second-order valence-electron chi connectivity index (χ2n) is 4.61. The predicted molar refractivity (Wildman–Crippen MR) is 76.8 cm³/mol. The van der Waals surface area contributed by atoms with Crippen LogP contribution < -0.4 is 5.73 Å². The molecule has 4 nitrogen and oxygen atoms in total. The van der Waals surface area contributed by atoms with Gasteiger partial charge in [-0.05, 0) is 25.1 Å². The summed E-state index contributed by atoms with van der Waals surface area (Å²) >= 11 is 0. The fourth-order valence-electron chi connectivity index (χ4n) is 2.50. The van der Waals surface area contributed by atoms with Crippen LogP contribution in [-0.2, 0) is 19.6 Å². The molecule has 2 heterocycles. The summed E-state index contributed by atoms with van der Waals surface area (Å²) in [5.74, 6) is 0. The summed E-state index contributed by atoms with van der Waals surface area (Å²) in [7, 11) is 0. The largest absolute Gasteiger partial charge is 0.344 e. The van der Waals surface area contributed by atoms with Crippen LogP contribution >= 0.6 is 0 Å². The van der Waals surface area contributed by atoms with Gasteiger partial charge >= 0.3 is 0 Å². The Hall–Kier alpha value is -2.07. The van der Waals surface area contributed by atoms with Crippen molar-refractivity contribution in [1.82, 2.24) is 14.3 Å². The number of aromatic nitrogens is 3.